The van der Waals surface area contributed by atoms with Crippen molar-refractivity contribution in [1.82, 2.24) is 4.98 Å². The minimum atomic E-state index is -0.0562. The SMILES string of the molecule is CN(C(=O)c1cccc(Br)c1)c1cccnc1. The van der Waals surface area contributed by atoms with E-state index in [9.17, 15) is 4.79 Å². The summed E-state index contributed by atoms with van der Waals surface area (Å²) in [4.78, 5) is 17.7. The van der Waals surface area contributed by atoms with Crippen LogP contribution in [0.1, 0.15) is 10.4 Å². The molecule has 0 aliphatic rings. The Bertz CT molecular complexity index is 528. The van der Waals surface area contributed by atoms with Gasteiger partial charge in [0.25, 0.3) is 5.91 Å². The van der Waals surface area contributed by atoms with Gasteiger partial charge in [-0.2, -0.15) is 0 Å². The molecule has 3 nitrogen and oxygen atoms in total. The maximum Gasteiger partial charge on any atom is 0.258 e. The molecule has 2 rings (SSSR count). The quantitative estimate of drug-likeness (QED) is 0.851. The number of hydrogen-bond acceptors (Lipinski definition) is 2. The van der Waals surface area contributed by atoms with Crippen LogP contribution in [-0.4, -0.2) is 17.9 Å². The summed E-state index contributed by atoms with van der Waals surface area (Å²) in [5.41, 5.74) is 1.42. The minimum absolute atomic E-state index is 0.0562. The molecule has 0 bridgehead atoms. The van der Waals surface area contributed by atoms with Gasteiger partial charge in [0.15, 0.2) is 0 Å². The molecule has 0 spiro atoms. The molecule has 86 valence electrons. The van der Waals surface area contributed by atoms with E-state index in [1.165, 1.54) is 0 Å². The third-order valence-electron chi connectivity index (χ3n) is 2.41. The van der Waals surface area contributed by atoms with Crippen LogP contribution in [0.5, 0.6) is 0 Å². The summed E-state index contributed by atoms with van der Waals surface area (Å²) < 4.78 is 0.892. The van der Waals surface area contributed by atoms with Crippen LogP contribution in [-0.2, 0) is 0 Å². The number of amides is 1. The lowest BCUT2D eigenvalue weighted by Crippen LogP contribution is -2.26. The first kappa shape index (κ1) is 11.8. The molecule has 1 heterocycles. The van der Waals surface area contributed by atoms with Crippen LogP contribution in [0.3, 0.4) is 0 Å². The first-order valence-corrected chi connectivity index (χ1v) is 5.91. The maximum atomic E-state index is 12.2. The second-order valence-electron chi connectivity index (χ2n) is 3.59. The molecular formula is C13H11BrN2O. The van der Waals surface area contributed by atoms with E-state index >= 15 is 0 Å². The van der Waals surface area contributed by atoms with E-state index in [0.29, 0.717) is 5.56 Å². The largest absolute Gasteiger partial charge is 0.310 e. The molecule has 1 aromatic carbocycles. The lowest BCUT2D eigenvalue weighted by molar-refractivity contribution is 0.0993. The van der Waals surface area contributed by atoms with Crippen molar-refractivity contribution in [3.05, 3.63) is 58.8 Å². The minimum Gasteiger partial charge on any atom is -0.310 e. The van der Waals surface area contributed by atoms with Crippen molar-refractivity contribution < 1.29 is 4.79 Å². The summed E-state index contributed by atoms with van der Waals surface area (Å²) in [7, 11) is 1.74. The topological polar surface area (TPSA) is 33.2 Å². The predicted octanol–water partition coefficient (Wildman–Crippen LogP) is 3.12. The first-order chi connectivity index (χ1) is 8.18. The molecule has 1 amide bonds. The van der Waals surface area contributed by atoms with Gasteiger partial charge in [-0.15, -0.1) is 0 Å². The Hall–Kier alpha value is -1.68. The molecule has 2 aromatic rings. The van der Waals surface area contributed by atoms with Crippen LogP contribution in [0.2, 0.25) is 0 Å². The van der Waals surface area contributed by atoms with E-state index in [-0.39, 0.29) is 5.91 Å². The fourth-order valence-corrected chi connectivity index (χ4v) is 1.88. The van der Waals surface area contributed by atoms with Crippen molar-refractivity contribution >= 4 is 27.5 Å². The third-order valence-corrected chi connectivity index (χ3v) is 2.90. The van der Waals surface area contributed by atoms with Crippen molar-refractivity contribution in [1.29, 1.82) is 0 Å². The number of nitrogens with zero attached hydrogens (tertiary/aromatic N) is 2. The van der Waals surface area contributed by atoms with Crippen molar-refractivity contribution in [2.75, 3.05) is 11.9 Å². The summed E-state index contributed by atoms with van der Waals surface area (Å²) in [6, 6.07) is 11.0. The second kappa shape index (κ2) is 5.10. The molecule has 0 saturated heterocycles. The molecule has 4 heteroatoms. The Morgan fingerprint density at radius 2 is 2.12 bits per heavy atom. The molecule has 17 heavy (non-hydrogen) atoms. The van der Waals surface area contributed by atoms with E-state index in [1.807, 2.05) is 18.2 Å². The van der Waals surface area contributed by atoms with E-state index < -0.39 is 0 Å². The summed E-state index contributed by atoms with van der Waals surface area (Å²) in [5.74, 6) is -0.0562. The Morgan fingerprint density at radius 1 is 1.29 bits per heavy atom. The molecule has 0 aliphatic heterocycles. The van der Waals surface area contributed by atoms with Crippen molar-refractivity contribution in [2.45, 2.75) is 0 Å². The predicted molar refractivity (Wildman–Crippen MR) is 71.1 cm³/mol. The highest BCUT2D eigenvalue weighted by Gasteiger charge is 2.13. The molecule has 0 fully saturated rings. The summed E-state index contributed by atoms with van der Waals surface area (Å²) in [6.07, 6.45) is 3.34. The summed E-state index contributed by atoms with van der Waals surface area (Å²) >= 11 is 3.35. The number of carbonyl (C=O) groups is 1. The Labute approximate surface area is 108 Å². The van der Waals surface area contributed by atoms with Gasteiger partial charge in [-0.3, -0.25) is 9.78 Å². The zero-order chi connectivity index (χ0) is 12.3. The van der Waals surface area contributed by atoms with Gasteiger partial charge in [-0.25, -0.2) is 0 Å². The first-order valence-electron chi connectivity index (χ1n) is 5.12. The van der Waals surface area contributed by atoms with Crippen LogP contribution in [0.25, 0.3) is 0 Å². The van der Waals surface area contributed by atoms with Gasteiger partial charge < -0.3 is 4.90 Å². The van der Waals surface area contributed by atoms with Gasteiger partial charge >= 0.3 is 0 Å². The van der Waals surface area contributed by atoms with E-state index in [1.54, 1.807) is 42.5 Å². The monoisotopic (exact) mass is 290 g/mol. The van der Waals surface area contributed by atoms with Gasteiger partial charge in [0.1, 0.15) is 0 Å². The van der Waals surface area contributed by atoms with Crippen LogP contribution >= 0.6 is 15.9 Å². The van der Waals surface area contributed by atoms with Crippen LogP contribution < -0.4 is 4.90 Å². The lowest BCUT2D eigenvalue weighted by Gasteiger charge is -2.16. The molecule has 0 unspecified atom stereocenters. The van der Waals surface area contributed by atoms with Crippen LogP contribution in [0, 0.1) is 0 Å². The highest BCUT2D eigenvalue weighted by atomic mass is 79.9. The number of hydrogen-bond donors (Lipinski definition) is 0. The summed E-state index contributed by atoms with van der Waals surface area (Å²) in [5, 5.41) is 0. The van der Waals surface area contributed by atoms with Gasteiger partial charge in [0.2, 0.25) is 0 Å². The molecule has 1 aromatic heterocycles. The number of pyridine rings is 1. The number of aromatic nitrogens is 1. The molecule has 0 N–H and O–H groups in total. The molecule has 0 radical (unpaired) electrons. The van der Waals surface area contributed by atoms with Crippen molar-refractivity contribution in [3.8, 4) is 0 Å². The highest BCUT2D eigenvalue weighted by Crippen LogP contribution is 2.16. The Balaban J connectivity index is 2.27. The van der Waals surface area contributed by atoms with Gasteiger partial charge in [0, 0.05) is 23.3 Å². The van der Waals surface area contributed by atoms with E-state index in [0.717, 1.165) is 10.2 Å². The van der Waals surface area contributed by atoms with Crippen LogP contribution in [0.15, 0.2) is 53.3 Å². The molecular weight excluding hydrogens is 280 g/mol. The molecule has 0 atom stereocenters. The Kier molecular flexibility index (Phi) is 3.54. The second-order valence-corrected chi connectivity index (χ2v) is 4.50. The average molecular weight is 291 g/mol. The number of benzene rings is 1. The van der Waals surface area contributed by atoms with Crippen LogP contribution in [0.4, 0.5) is 5.69 Å². The zero-order valence-corrected chi connectivity index (χ0v) is 10.9. The lowest BCUT2D eigenvalue weighted by atomic mass is 10.2. The third kappa shape index (κ3) is 2.71. The Morgan fingerprint density at radius 3 is 2.76 bits per heavy atom. The number of halogens is 1. The average Bonchev–Trinajstić information content (AvgIpc) is 2.38. The van der Waals surface area contributed by atoms with Crippen molar-refractivity contribution in [2.24, 2.45) is 0 Å². The normalized spacial score (nSPS) is 10.0. The number of carbonyl (C=O) groups excluding carboxylic acids is 1. The fourth-order valence-electron chi connectivity index (χ4n) is 1.48. The van der Waals surface area contributed by atoms with Gasteiger partial charge in [-0.05, 0) is 30.3 Å². The van der Waals surface area contributed by atoms with Crippen molar-refractivity contribution in [3.63, 3.8) is 0 Å². The maximum absolute atomic E-state index is 12.2. The van der Waals surface area contributed by atoms with E-state index in [2.05, 4.69) is 20.9 Å². The smallest absolute Gasteiger partial charge is 0.258 e. The van der Waals surface area contributed by atoms with E-state index in [4.69, 9.17) is 0 Å². The molecule has 0 saturated carbocycles. The standard InChI is InChI=1S/C13H11BrN2O/c1-16(12-6-3-7-15-9-12)13(17)10-4-2-5-11(14)8-10/h2-9H,1H3. The number of rotatable bonds is 2. The molecule has 0 aliphatic carbocycles. The summed E-state index contributed by atoms with van der Waals surface area (Å²) in [6.45, 7) is 0. The van der Waals surface area contributed by atoms with Gasteiger partial charge in [0.05, 0.1) is 11.9 Å². The van der Waals surface area contributed by atoms with Gasteiger partial charge in [-0.1, -0.05) is 22.0 Å². The fraction of sp³-hybridized carbons (Fsp3) is 0.0769. The highest BCUT2D eigenvalue weighted by molar-refractivity contribution is 9.10. The number of anilines is 1. The zero-order valence-electron chi connectivity index (χ0n) is 9.30.